The van der Waals surface area contributed by atoms with Crippen molar-refractivity contribution in [1.82, 2.24) is 0 Å². The van der Waals surface area contributed by atoms with Gasteiger partial charge in [-0.1, -0.05) is 129 Å². The van der Waals surface area contributed by atoms with Crippen molar-refractivity contribution in [3.63, 3.8) is 0 Å². The molecule has 0 saturated heterocycles. The Kier molecular flexibility index (Phi) is 43.9. The van der Waals surface area contributed by atoms with Gasteiger partial charge in [0.15, 0.2) is 209 Å². The molecule has 0 spiro atoms. The molecule has 11 aromatic carbocycles. The molecule has 0 amide bonds. The summed E-state index contributed by atoms with van der Waals surface area (Å²) in [6, 6.07) is 25.4. The van der Waals surface area contributed by atoms with Gasteiger partial charge in [0.05, 0.1) is 22.3 Å². The molecule has 0 unspecified atom stereocenters. The number of hydrogen-bond donors (Lipinski definition) is 0. The SMILES string of the molecule is Cc1ccc(C)cc1.Cc1ccc(C)cc1.Cc1ccc(C)cc1.O=C(/C=C(\[O-])c1c(F)c(F)c(F)c(F)c1F)c1c(F)c(F)c(F)c(F)c1F.O=C(/C=C(\[O-])c1c(F)c(F)c(F)c(F)c1F)c1c(F)c(F)c(F)c(F)c1F.O=C(/C=C(\[O-])c1c(F)c(F)c(F)c(F)c1F)c1c(F)c(F)c(F)c(F)c1F.O=C(/C=C(\[O-])c1c(F)c(F)c(F)c(F)c1F)c1c(F)c(F)c(F)c(F)c1F.[Ni+2].[Ni+2].[OH3+].[OH3+]. The molecule has 0 aromatic heterocycles. The van der Waals surface area contributed by atoms with E-state index in [1.54, 1.807) is 0 Å². The van der Waals surface area contributed by atoms with Crippen molar-refractivity contribution >= 4 is 46.2 Å². The Morgan fingerprint density at radius 2 is 0.221 bits per heavy atom. The summed E-state index contributed by atoms with van der Waals surface area (Å²) in [5.41, 5.74) is -9.33. The van der Waals surface area contributed by atoms with Crippen molar-refractivity contribution in [2.24, 2.45) is 0 Å². The maximum Gasteiger partial charge on any atom is 2.00 e. The zero-order chi connectivity index (χ0) is 101. The average molecular weight is 2090 g/mol. The number of benzene rings is 11. The van der Waals surface area contributed by atoms with Crippen LogP contribution >= 0.6 is 0 Å². The summed E-state index contributed by atoms with van der Waals surface area (Å²) in [5.74, 6) is -123. The van der Waals surface area contributed by atoms with Crippen LogP contribution in [-0.4, -0.2) is 23.1 Å². The number of ketones is 4. The molecule has 0 atom stereocenters. The summed E-state index contributed by atoms with van der Waals surface area (Å²) in [7, 11) is 0. The largest absolute Gasteiger partial charge is 2.00 e. The standard InChI is InChI=1S/4C15H2F10O2.3C8H10.2Ni.2H2O/c4*16-6-4(7(17)11(21)14(24)10(6)20)2(26)1-3(27)5-8(18)12(22)15(25)13(23)9(5)19;3*1-7-3-5-8(2)6-4-7;;;;/h4*1,26H;3*3-6H,1-2H3;;;2*1H2/q;;;;;;;2*+2;;/p-2/b4*2-1-;;;;;;;. The van der Waals surface area contributed by atoms with E-state index >= 15 is 0 Å². The van der Waals surface area contributed by atoms with Crippen LogP contribution in [-0.2, 0) is 43.9 Å². The predicted molar refractivity (Wildman–Crippen MR) is 377 cm³/mol. The Morgan fingerprint density at radius 3 is 0.301 bits per heavy atom. The fourth-order valence-corrected chi connectivity index (χ4v) is 9.53. The first kappa shape index (κ1) is 120. The molecule has 0 aliphatic carbocycles. The Balaban J connectivity index is 0.000000826. The minimum absolute atomic E-state index is 0. The first-order valence-electron chi connectivity index (χ1n) is 34.0. The first-order chi connectivity index (χ1) is 61.0. The van der Waals surface area contributed by atoms with Gasteiger partial charge >= 0.3 is 33.0 Å². The molecule has 52 heteroatoms. The van der Waals surface area contributed by atoms with Crippen molar-refractivity contribution in [3.8, 4) is 0 Å². The molecule has 0 heterocycles. The molecule has 0 radical (unpaired) electrons. The van der Waals surface area contributed by atoms with Gasteiger partial charge < -0.3 is 31.4 Å². The van der Waals surface area contributed by atoms with Gasteiger partial charge in [0.2, 0.25) is 46.5 Å². The van der Waals surface area contributed by atoms with Crippen LogP contribution < -0.4 is 20.4 Å². The van der Waals surface area contributed by atoms with Crippen molar-refractivity contribution in [3.05, 3.63) is 408 Å². The number of aryl methyl sites for hydroxylation is 6. The van der Waals surface area contributed by atoms with Gasteiger partial charge in [-0.3, -0.25) is 19.2 Å². The zero-order valence-electron chi connectivity index (χ0n) is 66.4. The molecule has 11 aromatic rings. The zero-order valence-corrected chi connectivity index (χ0v) is 68.4. The van der Waals surface area contributed by atoms with Crippen LogP contribution in [0.15, 0.2) is 97.1 Å². The molecular formula is C84H40F40Ni2O10+2. The molecule has 0 saturated carbocycles. The van der Waals surface area contributed by atoms with Gasteiger partial charge in [-0.05, 0) is 65.8 Å². The van der Waals surface area contributed by atoms with E-state index in [-0.39, 0.29) is 43.9 Å². The molecule has 136 heavy (non-hydrogen) atoms. The van der Waals surface area contributed by atoms with Gasteiger partial charge in [0.1, 0.15) is 0 Å². The summed E-state index contributed by atoms with van der Waals surface area (Å²) in [6.07, 6.45) is -2.35. The van der Waals surface area contributed by atoms with E-state index in [4.69, 9.17) is 0 Å². The Labute approximate surface area is 751 Å². The summed E-state index contributed by atoms with van der Waals surface area (Å²) >= 11 is 0. The van der Waals surface area contributed by atoms with Crippen molar-refractivity contribution in [1.29, 1.82) is 0 Å². The topological polar surface area (TPSA) is 227 Å². The predicted octanol–water partition coefficient (Wildman–Crippen LogP) is 19.7. The van der Waals surface area contributed by atoms with E-state index in [9.17, 15) is 215 Å². The van der Waals surface area contributed by atoms with Gasteiger partial charge in [-0.2, -0.15) is 0 Å². The van der Waals surface area contributed by atoms with Crippen molar-refractivity contribution < 1.29 is 259 Å². The van der Waals surface area contributed by atoms with E-state index in [0.29, 0.717) is 0 Å². The molecular weight excluding hydrogens is 2050 g/mol. The first-order valence-corrected chi connectivity index (χ1v) is 34.0. The van der Waals surface area contributed by atoms with Crippen LogP contribution in [0.4, 0.5) is 176 Å². The molecule has 0 aliphatic rings. The maximum absolute atomic E-state index is 13.5. The molecule has 0 aliphatic heterocycles. The minimum Gasteiger partial charge on any atom is -0.872 e. The smallest absolute Gasteiger partial charge is 0.872 e. The second kappa shape index (κ2) is 49.6. The van der Waals surface area contributed by atoms with Gasteiger partial charge in [0.25, 0.3) is 0 Å². The van der Waals surface area contributed by atoms with Crippen molar-refractivity contribution in [2.45, 2.75) is 41.5 Å². The normalized spacial score (nSPS) is 11.0. The quantitative estimate of drug-likeness (QED) is 0.0167. The second-order valence-electron chi connectivity index (χ2n) is 25.5. The van der Waals surface area contributed by atoms with E-state index in [2.05, 4.69) is 114 Å². The molecule has 0 fully saturated rings. The van der Waals surface area contributed by atoms with Crippen LogP contribution in [0.25, 0.3) is 23.0 Å². The van der Waals surface area contributed by atoms with Crippen LogP contribution in [0.2, 0.25) is 0 Å². The van der Waals surface area contributed by atoms with Crippen LogP contribution in [0.3, 0.4) is 0 Å². The maximum atomic E-state index is 13.5. The minimum atomic E-state index is -2.64. The Bertz CT molecular complexity index is 5540. The molecule has 11 rings (SSSR count). The van der Waals surface area contributed by atoms with E-state index < -0.39 is 348 Å². The fourth-order valence-electron chi connectivity index (χ4n) is 9.53. The third-order valence-electron chi connectivity index (χ3n) is 16.4. The summed E-state index contributed by atoms with van der Waals surface area (Å²) in [5, 5.41) is 46.5. The second-order valence-corrected chi connectivity index (χ2v) is 25.5. The van der Waals surface area contributed by atoms with Crippen molar-refractivity contribution in [2.75, 3.05) is 0 Å². The Hall–Kier alpha value is -13.6. The Morgan fingerprint density at radius 1 is 0.154 bits per heavy atom. The van der Waals surface area contributed by atoms with Gasteiger partial charge in [0, 0.05) is 22.3 Å². The van der Waals surface area contributed by atoms with E-state index in [1.807, 2.05) is 0 Å². The summed E-state index contributed by atoms with van der Waals surface area (Å²) in [6.45, 7) is 12.6. The molecule has 6 N–H and O–H groups in total. The monoisotopic (exact) mass is 2080 g/mol. The average Bonchev–Trinajstić information content (AvgIpc) is 0.756. The number of carbonyl (C=O) groups excluding carboxylic acids is 4. The number of hydrogen-bond acceptors (Lipinski definition) is 8. The van der Waals surface area contributed by atoms with Crippen LogP contribution in [0.5, 0.6) is 0 Å². The fraction of sp³-hybridized carbons (Fsp3) is 0.0714. The number of allylic oxidation sites excluding steroid dienone is 4. The molecule has 0 bridgehead atoms. The van der Waals surface area contributed by atoms with Gasteiger partial charge in [-0.15, -0.1) is 0 Å². The summed E-state index contributed by atoms with van der Waals surface area (Å²) < 4.78 is 527. The van der Waals surface area contributed by atoms with Crippen LogP contribution in [0, 0.1) is 274 Å². The number of halogens is 40. The molecule has 734 valence electrons. The summed E-state index contributed by atoms with van der Waals surface area (Å²) in [4.78, 5) is 46.5. The van der Waals surface area contributed by atoms with Gasteiger partial charge in [-0.25, -0.2) is 176 Å². The third kappa shape index (κ3) is 26.1. The number of carbonyl (C=O) groups is 4. The van der Waals surface area contributed by atoms with Crippen LogP contribution in [0.1, 0.15) is 97.1 Å². The number of rotatable bonds is 12. The van der Waals surface area contributed by atoms with E-state index in [0.717, 1.165) is 0 Å². The van der Waals surface area contributed by atoms with E-state index in [1.165, 1.54) is 33.4 Å². The third-order valence-corrected chi connectivity index (χ3v) is 16.4. The molecule has 10 nitrogen and oxygen atoms in total.